The van der Waals surface area contributed by atoms with Crippen molar-refractivity contribution in [1.29, 1.82) is 0 Å². The Morgan fingerprint density at radius 2 is 1.90 bits per heavy atom. The smallest absolute Gasteiger partial charge is 0.337 e. The molecule has 0 spiro atoms. The van der Waals surface area contributed by atoms with E-state index in [4.69, 9.17) is 4.74 Å². The maximum absolute atomic E-state index is 11.8. The van der Waals surface area contributed by atoms with E-state index in [-0.39, 0.29) is 11.2 Å². The highest BCUT2D eigenvalue weighted by molar-refractivity contribution is 8.00. The Balaban J connectivity index is 2.51. The molecule has 0 aliphatic rings. The molecular formula is C15H20O4S. The zero-order chi connectivity index (χ0) is 15.0. The Hall–Kier alpha value is -1.49. The van der Waals surface area contributed by atoms with E-state index in [1.165, 1.54) is 7.11 Å². The number of ether oxygens (including phenoxy) is 2. The van der Waals surface area contributed by atoms with Crippen molar-refractivity contribution in [3.63, 3.8) is 0 Å². The SMILES string of the molecule is CCCCSC(C)C(=O)Oc1ccc(C(=O)OC)cc1. The topological polar surface area (TPSA) is 52.6 Å². The molecule has 0 saturated heterocycles. The molecule has 0 aromatic heterocycles. The Labute approximate surface area is 123 Å². The summed E-state index contributed by atoms with van der Waals surface area (Å²) in [5.41, 5.74) is 0.428. The van der Waals surface area contributed by atoms with Crippen molar-refractivity contribution < 1.29 is 19.1 Å². The fourth-order valence-corrected chi connectivity index (χ4v) is 2.44. The van der Waals surface area contributed by atoms with E-state index in [0.29, 0.717) is 11.3 Å². The summed E-state index contributed by atoms with van der Waals surface area (Å²) >= 11 is 1.59. The van der Waals surface area contributed by atoms with Gasteiger partial charge in [0.25, 0.3) is 0 Å². The summed E-state index contributed by atoms with van der Waals surface area (Å²) in [7, 11) is 1.32. The van der Waals surface area contributed by atoms with E-state index in [9.17, 15) is 9.59 Å². The normalized spacial score (nSPS) is 11.8. The second-order valence-electron chi connectivity index (χ2n) is 4.30. The van der Waals surface area contributed by atoms with Gasteiger partial charge in [0.15, 0.2) is 0 Å². The van der Waals surface area contributed by atoms with Gasteiger partial charge in [-0.25, -0.2) is 4.79 Å². The lowest BCUT2D eigenvalue weighted by atomic mass is 10.2. The second-order valence-corrected chi connectivity index (χ2v) is 5.75. The number of unbranched alkanes of at least 4 members (excludes halogenated alkanes) is 1. The number of rotatable bonds is 7. The molecule has 0 heterocycles. The van der Waals surface area contributed by atoms with Crippen molar-refractivity contribution in [1.82, 2.24) is 0 Å². The summed E-state index contributed by atoms with van der Waals surface area (Å²) in [5.74, 6) is 0.711. The van der Waals surface area contributed by atoms with Crippen molar-refractivity contribution in [2.45, 2.75) is 31.9 Å². The lowest BCUT2D eigenvalue weighted by Gasteiger charge is -2.10. The number of benzene rings is 1. The monoisotopic (exact) mass is 296 g/mol. The molecule has 0 bridgehead atoms. The third-order valence-corrected chi connectivity index (χ3v) is 3.91. The first-order valence-electron chi connectivity index (χ1n) is 6.60. The van der Waals surface area contributed by atoms with Crippen LogP contribution >= 0.6 is 11.8 Å². The number of hydrogen-bond acceptors (Lipinski definition) is 5. The van der Waals surface area contributed by atoms with Gasteiger partial charge in [-0.3, -0.25) is 4.79 Å². The van der Waals surface area contributed by atoms with Crippen molar-refractivity contribution in [3.05, 3.63) is 29.8 Å². The van der Waals surface area contributed by atoms with Crippen molar-refractivity contribution in [2.75, 3.05) is 12.9 Å². The third-order valence-electron chi connectivity index (χ3n) is 2.69. The molecule has 1 aromatic carbocycles. The molecule has 4 nitrogen and oxygen atoms in total. The van der Waals surface area contributed by atoms with Gasteiger partial charge in [0.1, 0.15) is 11.0 Å². The van der Waals surface area contributed by atoms with Crippen LogP contribution in [-0.2, 0) is 9.53 Å². The number of carbonyl (C=O) groups excluding carboxylic acids is 2. The second kappa shape index (κ2) is 8.64. The van der Waals surface area contributed by atoms with Gasteiger partial charge < -0.3 is 9.47 Å². The van der Waals surface area contributed by atoms with Gasteiger partial charge in [-0.2, -0.15) is 0 Å². The summed E-state index contributed by atoms with van der Waals surface area (Å²) in [6.45, 7) is 3.96. The molecule has 0 aliphatic carbocycles. The van der Waals surface area contributed by atoms with Gasteiger partial charge in [0.2, 0.25) is 0 Å². The lowest BCUT2D eigenvalue weighted by Crippen LogP contribution is -2.20. The number of carbonyl (C=O) groups is 2. The van der Waals surface area contributed by atoms with Crippen molar-refractivity contribution >= 4 is 23.7 Å². The van der Waals surface area contributed by atoms with E-state index < -0.39 is 5.97 Å². The molecule has 0 radical (unpaired) electrons. The van der Waals surface area contributed by atoms with Gasteiger partial charge in [-0.05, 0) is 43.4 Å². The minimum Gasteiger partial charge on any atom is -0.465 e. The van der Waals surface area contributed by atoms with Crippen LogP contribution in [0.5, 0.6) is 5.75 Å². The quantitative estimate of drug-likeness (QED) is 0.439. The molecule has 1 rings (SSSR count). The average Bonchev–Trinajstić information content (AvgIpc) is 2.47. The molecule has 1 atom stereocenters. The van der Waals surface area contributed by atoms with Crippen LogP contribution in [0.3, 0.4) is 0 Å². The van der Waals surface area contributed by atoms with Crippen LogP contribution in [0.1, 0.15) is 37.0 Å². The van der Waals surface area contributed by atoms with Crippen LogP contribution in [0.2, 0.25) is 0 Å². The van der Waals surface area contributed by atoms with Crippen LogP contribution in [0.25, 0.3) is 0 Å². The van der Waals surface area contributed by atoms with Gasteiger partial charge in [-0.15, -0.1) is 11.8 Å². The predicted molar refractivity (Wildman–Crippen MR) is 80.2 cm³/mol. The van der Waals surface area contributed by atoms with Crippen LogP contribution in [0, 0.1) is 0 Å². The third kappa shape index (κ3) is 5.25. The first-order valence-corrected chi connectivity index (χ1v) is 7.65. The fraction of sp³-hybridized carbons (Fsp3) is 0.467. The highest BCUT2D eigenvalue weighted by Gasteiger charge is 2.15. The highest BCUT2D eigenvalue weighted by Crippen LogP contribution is 2.18. The zero-order valence-electron chi connectivity index (χ0n) is 12.0. The molecule has 110 valence electrons. The van der Waals surface area contributed by atoms with Crippen molar-refractivity contribution in [2.24, 2.45) is 0 Å². The van der Waals surface area contributed by atoms with Gasteiger partial charge in [0, 0.05) is 0 Å². The van der Waals surface area contributed by atoms with Crippen LogP contribution in [-0.4, -0.2) is 30.1 Å². The van der Waals surface area contributed by atoms with Gasteiger partial charge >= 0.3 is 11.9 Å². The molecule has 20 heavy (non-hydrogen) atoms. The number of hydrogen-bond donors (Lipinski definition) is 0. The molecule has 0 amide bonds. The zero-order valence-corrected chi connectivity index (χ0v) is 12.9. The van der Waals surface area contributed by atoms with Crippen LogP contribution in [0.4, 0.5) is 0 Å². The van der Waals surface area contributed by atoms with E-state index in [0.717, 1.165) is 18.6 Å². The summed E-state index contributed by atoms with van der Waals surface area (Å²) in [5, 5.41) is -0.193. The molecule has 5 heteroatoms. The summed E-state index contributed by atoms with van der Waals surface area (Å²) in [6, 6.07) is 6.33. The standard InChI is InChI=1S/C15H20O4S/c1-4-5-10-20-11(2)14(16)19-13-8-6-12(7-9-13)15(17)18-3/h6-9,11H,4-5,10H2,1-3H3. The first kappa shape index (κ1) is 16.6. The molecule has 0 saturated carbocycles. The van der Waals surface area contributed by atoms with Crippen LogP contribution in [0.15, 0.2) is 24.3 Å². The Bertz CT molecular complexity index is 442. The Morgan fingerprint density at radius 3 is 2.45 bits per heavy atom. The summed E-state index contributed by atoms with van der Waals surface area (Å²) in [6.07, 6.45) is 2.21. The molecule has 0 aliphatic heterocycles. The van der Waals surface area contributed by atoms with E-state index in [1.807, 2.05) is 6.92 Å². The number of thioether (sulfide) groups is 1. The highest BCUT2D eigenvalue weighted by atomic mass is 32.2. The summed E-state index contributed by atoms with van der Waals surface area (Å²) in [4.78, 5) is 23.1. The minimum atomic E-state index is -0.411. The maximum atomic E-state index is 11.8. The Morgan fingerprint density at radius 1 is 1.25 bits per heavy atom. The van der Waals surface area contributed by atoms with E-state index in [1.54, 1.807) is 36.0 Å². The molecule has 1 aromatic rings. The lowest BCUT2D eigenvalue weighted by molar-refractivity contribution is -0.133. The largest absolute Gasteiger partial charge is 0.465 e. The van der Waals surface area contributed by atoms with Gasteiger partial charge in [-0.1, -0.05) is 13.3 Å². The molecule has 0 N–H and O–H groups in total. The van der Waals surface area contributed by atoms with Crippen LogP contribution < -0.4 is 4.74 Å². The molecule has 0 fully saturated rings. The molecule has 1 unspecified atom stereocenters. The van der Waals surface area contributed by atoms with E-state index >= 15 is 0 Å². The fourth-order valence-electron chi connectivity index (χ4n) is 1.45. The first-order chi connectivity index (χ1) is 9.58. The van der Waals surface area contributed by atoms with E-state index in [2.05, 4.69) is 11.7 Å². The molecular weight excluding hydrogens is 276 g/mol. The summed E-state index contributed by atoms with van der Waals surface area (Å²) < 4.78 is 9.86. The maximum Gasteiger partial charge on any atom is 0.337 e. The average molecular weight is 296 g/mol. The minimum absolute atomic E-state index is 0.193. The van der Waals surface area contributed by atoms with Gasteiger partial charge in [0.05, 0.1) is 12.7 Å². The predicted octanol–water partition coefficient (Wildman–Crippen LogP) is 3.30. The Kier molecular flexibility index (Phi) is 7.15. The van der Waals surface area contributed by atoms with Crippen molar-refractivity contribution in [3.8, 4) is 5.75 Å². The number of esters is 2. The number of methoxy groups -OCH3 is 1.